The Labute approximate surface area is 130 Å². The van der Waals surface area contributed by atoms with Crippen molar-refractivity contribution in [2.75, 3.05) is 5.32 Å². The van der Waals surface area contributed by atoms with Crippen molar-refractivity contribution in [2.24, 2.45) is 0 Å². The number of anilines is 1. The smallest absolute Gasteiger partial charge is 0.316 e. The van der Waals surface area contributed by atoms with E-state index in [0.29, 0.717) is 23.8 Å². The van der Waals surface area contributed by atoms with Crippen molar-refractivity contribution in [3.8, 4) is 0 Å². The third kappa shape index (κ3) is 2.67. The lowest BCUT2D eigenvalue weighted by atomic mass is 10.1. The minimum atomic E-state index is -0.134. The molecule has 0 saturated heterocycles. The molecule has 1 aliphatic heterocycles. The molecule has 20 heavy (non-hydrogen) atoms. The molecule has 0 saturated carbocycles. The number of nitrogens with one attached hydrogen (secondary N) is 1. The molecule has 0 aromatic heterocycles. The van der Waals surface area contributed by atoms with Crippen molar-refractivity contribution in [3.63, 3.8) is 0 Å². The highest BCUT2D eigenvalue weighted by atomic mass is 79.9. The van der Waals surface area contributed by atoms with Crippen LogP contribution in [0.25, 0.3) is 0 Å². The summed E-state index contributed by atoms with van der Waals surface area (Å²) in [5.41, 5.74) is 2.99. The molecule has 2 amide bonds. The van der Waals surface area contributed by atoms with Gasteiger partial charge in [-0.1, -0.05) is 45.7 Å². The standard InChI is InChI=1S/C15H12BrClN2O/c16-12-6-5-10-8-19(9-11(10)7-12)15(20)18-14-4-2-1-3-13(14)17/h1-7H,8-9H2,(H,18,20). The second-order valence-corrected chi connectivity index (χ2v) is 6.00. The quantitative estimate of drug-likeness (QED) is 0.797. The molecule has 3 rings (SSSR count). The number of para-hydroxylation sites is 1. The predicted octanol–water partition coefficient (Wildman–Crippen LogP) is 4.65. The van der Waals surface area contributed by atoms with Gasteiger partial charge in [-0.3, -0.25) is 0 Å². The highest BCUT2D eigenvalue weighted by Crippen LogP contribution is 2.27. The van der Waals surface area contributed by atoms with Gasteiger partial charge in [-0.2, -0.15) is 0 Å². The topological polar surface area (TPSA) is 32.3 Å². The monoisotopic (exact) mass is 350 g/mol. The van der Waals surface area contributed by atoms with Crippen LogP contribution in [0.15, 0.2) is 46.9 Å². The number of carbonyl (C=O) groups excluding carboxylic acids is 1. The average Bonchev–Trinajstić information content (AvgIpc) is 2.84. The van der Waals surface area contributed by atoms with Crippen LogP contribution in [0.2, 0.25) is 5.02 Å². The Balaban J connectivity index is 1.73. The first kappa shape index (κ1) is 13.5. The second-order valence-electron chi connectivity index (χ2n) is 4.68. The van der Waals surface area contributed by atoms with E-state index < -0.39 is 0 Å². The largest absolute Gasteiger partial charge is 0.322 e. The van der Waals surface area contributed by atoms with E-state index in [2.05, 4.69) is 27.3 Å². The maximum absolute atomic E-state index is 12.3. The number of rotatable bonds is 1. The molecule has 0 spiro atoms. The van der Waals surface area contributed by atoms with Crippen LogP contribution in [0, 0.1) is 0 Å². The molecule has 1 N–H and O–H groups in total. The minimum absolute atomic E-state index is 0.134. The van der Waals surface area contributed by atoms with Crippen LogP contribution in [-0.2, 0) is 13.1 Å². The van der Waals surface area contributed by atoms with Crippen molar-refractivity contribution in [1.82, 2.24) is 4.90 Å². The van der Waals surface area contributed by atoms with Crippen LogP contribution in [0.1, 0.15) is 11.1 Å². The molecular formula is C15H12BrClN2O. The fraction of sp³-hybridized carbons (Fsp3) is 0.133. The zero-order valence-electron chi connectivity index (χ0n) is 10.6. The van der Waals surface area contributed by atoms with Gasteiger partial charge in [0, 0.05) is 17.6 Å². The first-order valence-electron chi connectivity index (χ1n) is 6.21. The predicted molar refractivity (Wildman–Crippen MR) is 83.9 cm³/mol. The highest BCUT2D eigenvalue weighted by molar-refractivity contribution is 9.10. The van der Waals surface area contributed by atoms with E-state index in [4.69, 9.17) is 11.6 Å². The van der Waals surface area contributed by atoms with Crippen molar-refractivity contribution in [2.45, 2.75) is 13.1 Å². The number of halogens is 2. The molecule has 1 aliphatic rings. The van der Waals surface area contributed by atoms with Crippen LogP contribution in [0.5, 0.6) is 0 Å². The molecule has 5 heteroatoms. The van der Waals surface area contributed by atoms with E-state index in [9.17, 15) is 4.79 Å². The third-order valence-electron chi connectivity index (χ3n) is 3.29. The Kier molecular flexibility index (Phi) is 3.68. The van der Waals surface area contributed by atoms with Gasteiger partial charge in [0.2, 0.25) is 0 Å². The number of fused-ring (bicyclic) bond motifs is 1. The molecule has 0 radical (unpaired) electrons. The second kappa shape index (κ2) is 5.46. The molecule has 0 fully saturated rings. The fourth-order valence-corrected chi connectivity index (χ4v) is 2.86. The molecule has 102 valence electrons. The SMILES string of the molecule is O=C(Nc1ccccc1Cl)N1Cc2ccc(Br)cc2C1. The van der Waals surface area contributed by atoms with E-state index in [1.54, 1.807) is 17.0 Å². The fourth-order valence-electron chi connectivity index (χ4n) is 2.26. The van der Waals surface area contributed by atoms with Gasteiger partial charge in [0.1, 0.15) is 0 Å². The summed E-state index contributed by atoms with van der Waals surface area (Å²) in [6.45, 7) is 1.24. The zero-order valence-corrected chi connectivity index (χ0v) is 12.9. The van der Waals surface area contributed by atoms with E-state index in [1.165, 1.54) is 11.1 Å². The van der Waals surface area contributed by atoms with Crippen LogP contribution < -0.4 is 5.32 Å². The molecule has 0 atom stereocenters. The Bertz CT molecular complexity index is 675. The first-order chi connectivity index (χ1) is 9.63. The van der Waals surface area contributed by atoms with E-state index in [1.807, 2.05) is 24.3 Å². The molecular weight excluding hydrogens is 340 g/mol. The van der Waals surface area contributed by atoms with Crippen molar-refractivity contribution < 1.29 is 4.79 Å². The lowest BCUT2D eigenvalue weighted by Crippen LogP contribution is -2.30. The third-order valence-corrected chi connectivity index (χ3v) is 4.12. The summed E-state index contributed by atoms with van der Waals surface area (Å²) in [6, 6.07) is 13.2. The number of carbonyl (C=O) groups is 1. The lowest BCUT2D eigenvalue weighted by Gasteiger charge is -2.17. The van der Waals surface area contributed by atoms with Crippen LogP contribution >= 0.6 is 27.5 Å². The summed E-state index contributed by atoms with van der Waals surface area (Å²) in [6.07, 6.45) is 0. The number of amides is 2. The first-order valence-corrected chi connectivity index (χ1v) is 7.38. The summed E-state index contributed by atoms with van der Waals surface area (Å²) < 4.78 is 1.03. The number of hydrogen-bond acceptors (Lipinski definition) is 1. The number of hydrogen-bond donors (Lipinski definition) is 1. The number of nitrogens with zero attached hydrogens (tertiary/aromatic N) is 1. The summed E-state index contributed by atoms with van der Waals surface area (Å²) in [5.74, 6) is 0. The van der Waals surface area contributed by atoms with Gasteiger partial charge in [0.25, 0.3) is 0 Å². The number of urea groups is 1. The van der Waals surface area contributed by atoms with Crippen LogP contribution in [0.4, 0.5) is 10.5 Å². The maximum Gasteiger partial charge on any atom is 0.322 e. The van der Waals surface area contributed by atoms with Gasteiger partial charge >= 0.3 is 6.03 Å². The highest BCUT2D eigenvalue weighted by Gasteiger charge is 2.23. The van der Waals surface area contributed by atoms with Gasteiger partial charge in [0.15, 0.2) is 0 Å². The molecule has 0 unspecified atom stereocenters. The molecule has 0 bridgehead atoms. The van der Waals surface area contributed by atoms with E-state index in [-0.39, 0.29) is 6.03 Å². The molecule has 2 aromatic carbocycles. The summed E-state index contributed by atoms with van der Waals surface area (Å²) in [5, 5.41) is 3.39. The molecule has 1 heterocycles. The van der Waals surface area contributed by atoms with Gasteiger partial charge < -0.3 is 10.2 Å². The normalized spacial score (nSPS) is 13.2. The van der Waals surface area contributed by atoms with Gasteiger partial charge in [0.05, 0.1) is 10.7 Å². The van der Waals surface area contributed by atoms with E-state index >= 15 is 0 Å². The van der Waals surface area contributed by atoms with Gasteiger partial charge in [-0.25, -0.2) is 4.79 Å². The maximum atomic E-state index is 12.3. The summed E-state index contributed by atoms with van der Waals surface area (Å²) in [7, 11) is 0. The molecule has 3 nitrogen and oxygen atoms in total. The van der Waals surface area contributed by atoms with Crippen LogP contribution in [-0.4, -0.2) is 10.9 Å². The van der Waals surface area contributed by atoms with Crippen molar-refractivity contribution >= 4 is 39.2 Å². The van der Waals surface area contributed by atoms with E-state index in [0.717, 1.165) is 4.47 Å². The Hall–Kier alpha value is -1.52. The molecule has 2 aromatic rings. The average molecular weight is 352 g/mol. The lowest BCUT2D eigenvalue weighted by molar-refractivity contribution is 0.212. The number of benzene rings is 2. The Morgan fingerprint density at radius 2 is 1.90 bits per heavy atom. The van der Waals surface area contributed by atoms with Crippen LogP contribution in [0.3, 0.4) is 0 Å². The molecule has 0 aliphatic carbocycles. The summed E-state index contributed by atoms with van der Waals surface area (Å²) in [4.78, 5) is 14.0. The minimum Gasteiger partial charge on any atom is -0.316 e. The van der Waals surface area contributed by atoms with Gasteiger partial charge in [-0.15, -0.1) is 0 Å². The Morgan fingerprint density at radius 3 is 2.70 bits per heavy atom. The van der Waals surface area contributed by atoms with Gasteiger partial charge in [-0.05, 0) is 35.4 Å². The van der Waals surface area contributed by atoms with Crippen molar-refractivity contribution in [1.29, 1.82) is 0 Å². The Morgan fingerprint density at radius 1 is 1.15 bits per heavy atom. The van der Waals surface area contributed by atoms with Crippen molar-refractivity contribution in [3.05, 3.63) is 63.1 Å². The zero-order chi connectivity index (χ0) is 14.1. The summed E-state index contributed by atoms with van der Waals surface area (Å²) >= 11 is 9.49.